The predicted octanol–water partition coefficient (Wildman–Crippen LogP) is 3.78. The third-order valence-electron chi connectivity index (χ3n) is 5.67. The molecule has 2 N–H and O–H groups in total. The van der Waals surface area contributed by atoms with Crippen molar-refractivity contribution < 1.29 is 9.53 Å². The monoisotopic (exact) mass is 366 g/mol. The van der Waals surface area contributed by atoms with Crippen LogP contribution in [0.15, 0.2) is 43.1 Å². The number of hydrogen-bond donors (Lipinski definition) is 2. The predicted molar refractivity (Wildman–Crippen MR) is 105 cm³/mol. The summed E-state index contributed by atoms with van der Waals surface area (Å²) >= 11 is 0. The third kappa shape index (κ3) is 3.70. The zero-order chi connectivity index (χ0) is 18.8. The molecule has 1 aliphatic carbocycles. The number of H-pyrrole nitrogens is 1. The number of carbonyl (C=O) groups excluding carboxylic acids is 1. The first-order valence-corrected chi connectivity index (χ1v) is 9.56. The normalized spacial score (nSPS) is 20.7. The van der Waals surface area contributed by atoms with Gasteiger partial charge in [0.05, 0.1) is 13.4 Å². The Morgan fingerprint density at radius 2 is 2.33 bits per heavy atom. The second-order valence-electron chi connectivity index (χ2n) is 7.49. The number of ether oxygens (including phenoxy) is 1. The summed E-state index contributed by atoms with van der Waals surface area (Å²) in [7, 11) is 1.69. The lowest BCUT2D eigenvalue weighted by Gasteiger charge is -2.17. The number of fused-ring (bicyclic) bond motifs is 1. The van der Waals surface area contributed by atoms with Crippen molar-refractivity contribution in [1.29, 1.82) is 0 Å². The van der Waals surface area contributed by atoms with Crippen LogP contribution in [0.1, 0.15) is 50.1 Å². The second kappa shape index (κ2) is 7.47. The van der Waals surface area contributed by atoms with Gasteiger partial charge in [-0.15, -0.1) is 0 Å². The summed E-state index contributed by atoms with van der Waals surface area (Å²) in [6.45, 7) is 2.04. The van der Waals surface area contributed by atoms with Crippen LogP contribution in [-0.2, 0) is 4.79 Å². The number of hydrogen-bond acceptors (Lipinski definition) is 3. The quantitative estimate of drug-likeness (QED) is 0.697. The van der Waals surface area contributed by atoms with Crippen LogP contribution in [0.2, 0.25) is 0 Å². The molecule has 142 valence electrons. The van der Waals surface area contributed by atoms with E-state index in [1.165, 1.54) is 10.9 Å². The maximum Gasteiger partial charge on any atom is 0.222 e. The van der Waals surface area contributed by atoms with Crippen molar-refractivity contribution in [3.05, 3.63) is 48.7 Å². The Morgan fingerprint density at radius 1 is 1.44 bits per heavy atom. The molecular weight excluding hydrogens is 340 g/mol. The lowest BCUT2D eigenvalue weighted by molar-refractivity contribution is -0.122. The van der Waals surface area contributed by atoms with E-state index in [4.69, 9.17) is 4.74 Å². The summed E-state index contributed by atoms with van der Waals surface area (Å²) in [5.74, 6) is 1.45. The molecule has 6 nitrogen and oxygen atoms in total. The van der Waals surface area contributed by atoms with E-state index in [0.29, 0.717) is 12.3 Å². The van der Waals surface area contributed by atoms with Crippen molar-refractivity contribution in [2.45, 2.75) is 50.6 Å². The molecule has 27 heavy (non-hydrogen) atoms. The van der Waals surface area contributed by atoms with Crippen molar-refractivity contribution in [2.24, 2.45) is 0 Å². The van der Waals surface area contributed by atoms with Crippen molar-refractivity contribution in [3.63, 3.8) is 0 Å². The molecule has 1 aromatic carbocycles. The molecule has 0 spiro atoms. The van der Waals surface area contributed by atoms with Gasteiger partial charge in [-0.2, -0.15) is 0 Å². The highest BCUT2D eigenvalue weighted by molar-refractivity contribution is 5.85. The highest BCUT2D eigenvalue weighted by Crippen LogP contribution is 2.39. The van der Waals surface area contributed by atoms with E-state index in [2.05, 4.69) is 33.6 Å². The minimum atomic E-state index is 0.113. The molecule has 6 heteroatoms. The summed E-state index contributed by atoms with van der Waals surface area (Å²) in [5, 5.41) is 4.45. The highest BCUT2D eigenvalue weighted by atomic mass is 16.5. The Balaban J connectivity index is 1.38. The van der Waals surface area contributed by atoms with Crippen molar-refractivity contribution in [1.82, 2.24) is 19.9 Å². The zero-order valence-corrected chi connectivity index (χ0v) is 15.8. The molecular formula is C21H26N4O2. The highest BCUT2D eigenvalue weighted by Gasteiger charge is 2.29. The van der Waals surface area contributed by atoms with Gasteiger partial charge in [0.15, 0.2) is 0 Å². The van der Waals surface area contributed by atoms with E-state index >= 15 is 0 Å². The molecule has 3 atom stereocenters. The Kier molecular flexibility index (Phi) is 4.88. The van der Waals surface area contributed by atoms with Gasteiger partial charge in [0, 0.05) is 48.0 Å². The fourth-order valence-electron chi connectivity index (χ4n) is 4.17. The van der Waals surface area contributed by atoms with Gasteiger partial charge in [0.1, 0.15) is 5.75 Å². The number of nitrogens with zero attached hydrogens (tertiary/aromatic N) is 2. The Bertz CT molecular complexity index is 916. The molecule has 2 aromatic heterocycles. The molecule has 3 aromatic rings. The minimum Gasteiger partial charge on any atom is -0.497 e. The number of carbonyl (C=O) groups is 1. The van der Waals surface area contributed by atoms with Gasteiger partial charge < -0.3 is 19.6 Å². The van der Waals surface area contributed by atoms with Gasteiger partial charge in [-0.3, -0.25) is 4.79 Å². The molecule has 0 radical (unpaired) electrons. The van der Waals surface area contributed by atoms with Crippen molar-refractivity contribution in [3.8, 4) is 5.75 Å². The number of aromatic nitrogens is 3. The van der Waals surface area contributed by atoms with Gasteiger partial charge in [-0.25, -0.2) is 4.98 Å². The van der Waals surface area contributed by atoms with E-state index in [0.717, 1.165) is 30.5 Å². The summed E-state index contributed by atoms with van der Waals surface area (Å²) in [6, 6.07) is 6.49. The van der Waals surface area contributed by atoms with E-state index < -0.39 is 0 Å². The van der Waals surface area contributed by atoms with Crippen LogP contribution in [0, 0.1) is 0 Å². The molecule has 1 unspecified atom stereocenters. The fourth-order valence-corrected chi connectivity index (χ4v) is 4.17. The molecule has 0 saturated heterocycles. The number of rotatable bonds is 6. The summed E-state index contributed by atoms with van der Waals surface area (Å²) in [6.07, 6.45) is 11.1. The Hall–Kier alpha value is -2.76. The van der Waals surface area contributed by atoms with Crippen LogP contribution in [0.3, 0.4) is 0 Å². The number of imidazole rings is 1. The minimum absolute atomic E-state index is 0.113. The first-order valence-electron chi connectivity index (χ1n) is 9.56. The van der Waals surface area contributed by atoms with Crippen LogP contribution in [-0.4, -0.2) is 33.6 Å². The first-order chi connectivity index (χ1) is 13.1. The number of methoxy groups -OCH3 is 1. The van der Waals surface area contributed by atoms with Gasteiger partial charge in [0.25, 0.3) is 0 Å². The van der Waals surface area contributed by atoms with Crippen LogP contribution >= 0.6 is 0 Å². The largest absolute Gasteiger partial charge is 0.497 e. The topological polar surface area (TPSA) is 71.9 Å². The second-order valence-corrected chi connectivity index (χ2v) is 7.49. The van der Waals surface area contributed by atoms with Crippen LogP contribution < -0.4 is 10.1 Å². The Morgan fingerprint density at radius 3 is 3.11 bits per heavy atom. The molecule has 4 rings (SSSR count). The molecule has 1 saturated carbocycles. The van der Waals surface area contributed by atoms with Gasteiger partial charge in [-0.05, 0) is 55.9 Å². The Labute approximate surface area is 158 Å². The fraction of sp³-hybridized carbons (Fsp3) is 0.429. The average Bonchev–Trinajstić information content (AvgIpc) is 3.41. The molecule has 2 heterocycles. The van der Waals surface area contributed by atoms with Crippen LogP contribution in [0.5, 0.6) is 5.75 Å². The lowest BCUT2D eigenvalue weighted by atomic mass is 9.97. The summed E-state index contributed by atoms with van der Waals surface area (Å²) < 4.78 is 7.34. The van der Waals surface area contributed by atoms with Crippen molar-refractivity contribution in [2.75, 3.05) is 7.11 Å². The number of benzene rings is 1. The maximum atomic E-state index is 12.4. The lowest BCUT2D eigenvalue weighted by Crippen LogP contribution is -2.34. The van der Waals surface area contributed by atoms with Gasteiger partial charge >= 0.3 is 0 Å². The third-order valence-corrected chi connectivity index (χ3v) is 5.67. The first kappa shape index (κ1) is 17.6. The average molecular weight is 366 g/mol. The molecule has 1 fully saturated rings. The number of aromatic amines is 1. The number of nitrogens with one attached hydrogen (secondary N) is 2. The summed E-state index contributed by atoms with van der Waals surface area (Å²) in [5.41, 5.74) is 2.46. The standard InChI is InChI=1S/C21H26N4O2/c1-14(25-8-7-22-13-25)9-21(26)24-16-4-3-15(10-16)19-12-23-20-6-5-17(27-2)11-18(19)20/h5-8,11-16,23H,3-4,9-10H2,1-2H3,(H,24,26)/t14?,15-,16+/m0/s1. The van der Waals surface area contributed by atoms with E-state index in [-0.39, 0.29) is 18.0 Å². The number of amides is 1. The van der Waals surface area contributed by atoms with Gasteiger partial charge in [-0.1, -0.05) is 0 Å². The van der Waals surface area contributed by atoms with Crippen molar-refractivity contribution >= 4 is 16.8 Å². The molecule has 0 bridgehead atoms. The molecule has 1 amide bonds. The van der Waals surface area contributed by atoms with E-state index in [1.807, 2.05) is 23.8 Å². The van der Waals surface area contributed by atoms with Gasteiger partial charge in [0.2, 0.25) is 5.91 Å². The van der Waals surface area contributed by atoms with E-state index in [1.54, 1.807) is 19.6 Å². The SMILES string of the molecule is COc1ccc2[nH]cc([C@H]3CC[C@@H](NC(=O)CC(C)n4ccnc4)C3)c2c1. The zero-order valence-electron chi connectivity index (χ0n) is 15.8. The summed E-state index contributed by atoms with van der Waals surface area (Å²) in [4.78, 5) is 19.8. The van der Waals surface area contributed by atoms with Crippen LogP contribution in [0.4, 0.5) is 0 Å². The van der Waals surface area contributed by atoms with Crippen LogP contribution in [0.25, 0.3) is 10.9 Å². The maximum absolute atomic E-state index is 12.4. The molecule has 1 aliphatic rings. The van der Waals surface area contributed by atoms with E-state index in [9.17, 15) is 4.79 Å². The smallest absolute Gasteiger partial charge is 0.222 e. The molecule has 0 aliphatic heterocycles.